The van der Waals surface area contributed by atoms with E-state index in [1.165, 1.54) is 4.88 Å². The van der Waals surface area contributed by atoms with Gasteiger partial charge in [0.2, 0.25) is 0 Å². The highest BCUT2D eigenvalue weighted by Gasteiger charge is 2.07. The number of aldehydes is 1. The Bertz CT molecular complexity index is 566. The van der Waals surface area contributed by atoms with E-state index in [1.54, 1.807) is 36.6 Å². The summed E-state index contributed by atoms with van der Waals surface area (Å²) in [6.07, 6.45) is 1.60. The van der Waals surface area contributed by atoms with E-state index >= 15 is 0 Å². The molecule has 19 heavy (non-hydrogen) atoms. The fourth-order valence-electron chi connectivity index (χ4n) is 1.70. The summed E-state index contributed by atoms with van der Waals surface area (Å²) in [7, 11) is 1.56. The van der Waals surface area contributed by atoms with Crippen LogP contribution < -0.4 is 9.47 Å². The topological polar surface area (TPSA) is 48.4 Å². The largest absolute Gasteiger partial charge is 0.493 e. The SMILES string of the molecule is COc1cc(C=O)ccc1OCCc1scnc1C. The molecule has 0 amide bonds. The molecule has 0 spiro atoms. The summed E-state index contributed by atoms with van der Waals surface area (Å²) in [5, 5.41) is 0. The van der Waals surface area contributed by atoms with Gasteiger partial charge >= 0.3 is 0 Å². The van der Waals surface area contributed by atoms with Gasteiger partial charge in [-0.1, -0.05) is 0 Å². The molecule has 0 fully saturated rings. The average molecular weight is 277 g/mol. The molecule has 100 valence electrons. The Labute approximate surface area is 116 Å². The van der Waals surface area contributed by atoms with E-state index in [1.807, 2.05) is 12.4 Å². The van der Waals surface area contributed by atoms with Crippen molar-refractivity contribution < 1.29 is 14.3 Å². The molecule has 0 N–H and O–H groups in total. The monoisotopic (exact) mass is 277 g/mol. The van der Waals surface area contributed by atoms with Gasteiger partial charge in [-0.05, 0) is 25.1 Å². The average Bonchev–Trinajstić information content (AvgIpc) is 2.84. The maximum atomic E-state index is 10.7. The van der Waals surface area contributed by atoms with Crippen molar-refractivity contribution in [3.8, 4) is 11.5 Å². The lowest BCUT2D eigenvalue weighted by molar-refractivity contribution is 0.112. The van der Waals surface area contributed by atoms with Gasteiger partial charge in [0.1, 0.15) is 6.29 Å². The molecule has 1 heterocycles. The molecule has 0 atom stereocenters. The molecule has 0 aliphatic heterocycles. The second kappa shape index (κ2) is 6.33. The number of carbonyl (C=O) groups is 1. The van der Waals surface area contributed by atoms with Crippen LogP contribution >= 0.6 is 11.3 Å². The van der Waals surface area contributed by atoms with Gasteiger partial charge in [-0.3, -0.25) is 4.79 Å². The van der Waals surface area contributed by atoms with E-state index in [0.29, 0.717) is 23.7 Å². The molecule has 4 nitrogen and oxygen atoms in total. The summed E-state index contributed by atoms with van der Waals surface area (Å²) in [5.41, 5.74) is 3.46. The number of thiazole rings is 1. The number of carbonyl (C=O) groups excluding carboxylic acids is 1. The summed E-state index contributed by atoms with van der Waals surface area (Å²) in [5.74, 6) is 1.22. The first-order valence-corrected chi connectivity index (χ1v) is 6.77. The highest BCUT2D eigenvalue weighted by atomic mass is 32.1. The highest BCUT2D eigenvalue weighted by molar-refractivity contribution is 7.09. The van der Waals surface area contributed by atoms with Crippen molar-refractivity contribution in [1.82, 2.24) is 4.98 Å². The number of rotatable bonds is 6. The summed E-state index contributed by atoms with van der Waals surface area (Å²) in [4.78, 5) is 16.1. The standard InChI is InChI=1S/C14H15NO3S/c1-10-14(19-9-15-10)5-6-18-12-4-3-11(8-16)7-13(12)17-2/h3-4,7-9H,5-6H2,1-2H3. The van der Waals surface area contributed by atoms with Crippen molar-refractivity contribution in [2.24, 2.45) is 0 Å². The Hall–Kier alpha value is -1.88. The molecule has 2 aromatic rings. The third-order valence-electron chi connectivity index (χ3n) is 2.76. The number of aromatic nitrogens is 1. The minimum absolute atomic E-state index is 0.555. The molecule has 5 heteroatoms. The zero-order valence-corrected chi connectivity index (χ0v) is 11.7. The van der Waals surface area contributed by atoms with Gasteiger partial charge in [0.15, 0.2) is 11.5 Å². The zero-order chi connectivity index (χ0) is 13.7. The van der Waals surface area contributed by atoms with Crippen molar-refractivity contribution in [3.05, 3.63) is 39.8 Å². The molecule has 0 saturated carbocycles. The minimum atomic E-state index is 0.555. The second-order valence-corrected chi connectivity index (χ2v) is 4.93. The predicted octanol–water partition coefficient (Wildman–Crippen LogP) is 2.89. The van der Waals surface area contributed by atoms with Crippen LogP contribution in [0.2, 0.25) is 0 Å². The Balaban J connectivity index is 1.99. The van der Waals surface area contributed by atoms with Crippen LogP contribution in [0.4, 0.5) is 0 Å². The number of nitrogens with zero attached hydrogens (tertiary/aromatic N) is 1. The third kappa shape index (κ3) is 3.32. The first-order valence-electron chi connectivity index (χ1n) is 5.89. The zero-order valence-electron chi connectivity index (χ0n) is 10.9. The van der Waals surface area contributed by atoms with E-state index in [2.05, 4.69) is 4.98 Å². The molecule has 2 rings (SSSR count). The van der Waals surface area contributed by atoms with Crippen LogP contribution in [0, 0.1) is 6.92 Å². The van der Waals surface area contributed by atoms with Gasteiger partial charge in [-0.2, -0.15) is 0 Å². The van der Waals surface area contributed by atoms with Crippen molar-refractivity contribution >= 4 is 17.6 Å². The van der Waals surface area contributed by atoms with Crippen LogP contribution in [0.1, 0.15) is 20.9 Å². The van der Waals surface area contributed by atoms with Crippen molar-refractivity contribution in [1.29, 1.82) is 0 Å². The number of hydrogen-bond acceptors (Lipinski definition) is 5. The third-order valence-corrected chi connectivity index (χ3v) is 3.75. The Morgan fingerprint density at radius 2 is 2.21 bits per heavy atom. The molecule has 0 aliphatic rings. The maximum Gasteiger partial charge on any atom is 0.161 e. The first kappa shape index (κ1) is 13.5. The van der Waals surface area contributed by atoms with E-state index in [4.69, 9.17) is 9.47 Å². The Kier molecular flexibility index (Phi) is 4.52. The second-order valence-electron chi connectivity index (χ2n) is 3.99. The quantitative estimate of drug-likeness (QED) is 0.762. The molecule has 0 unspecified atom stereocenters. The molecular weight excluding hydrogens is 262 g/mol. The van der Waals surface area contributed by atoms with Crippen molar-refractivity contribution in [3.63, 3.8) is 0 Å². The highest BCUT2D eigenvalue weighted by Crippen LogP contribution is 2.27. The van der Waals surface area contributed by atoms with E-state index in [0.717, 1.165) is 18.4 Å². The van der Waals surface area contributed by atoms with Crippen LogP contribution in [0.15, 0.2) is 23.7 Å². The van der Waals surface area contributed by atoms with Crippen LogP contribution in [0.25, 0.3) is 0 Å². The Morgan fingerprint density at radius 1 is 1.37 bits per heavy atom. The van der Waals surface area contributed by atoms with Gasteiger partial charge < -0.3 is 9.47 Å². The van der Waals surface area contributed by atoms with Crippen LogP contribution in [0.3, 0.4) is 0 Å². The summed E-state index contributed by atoms with van der Waals surface area (Å²) in [6.45, 7) is 2.55. The smallest absolute Gasteiger partial charge is 0.161 e. The summed E-state index contributed by atoms with van der Waals surface area (Å²) in [6, 6.07) is 5.13. The van der Waals surface area contributed by atoms with Crippen molar-refractivity contribution in [2.45, 2.75) is 13.3 Å². The lowest BCUT2D eigenvalue weighted by Gasteiger charge is -2.10. The van der Waals surface area contributed by atoms with Crippen LogP contribution in [-0.4, -0.2) is 25.0 Å². The minimum Gasteiger partial charge on any atom is -0.493 e. The molecule has 0 bridgehead atoms. The summed E-state index contributed by atoms with van der Waals surface area (Å²) < 4.78 is 10.9. The molecular formula is C14H15NO3S. The molecule has 0 aliphatic carbocycles. The fourth-order valence-corrected chi connectivity index (χ4v) is 2.46. The summed E-state index contributed by atoms with van der Waals surface area (Å²) >= 11 is 1.63. The number of methoxy groups -OCH3 is 1. The molecule has 1 aromatic heterocycles. The molecule has 1 aromatic carbocycles. The lowest BCUT2D eigenvalue weighted by Crippen LogP contribution is -2.03. The number of ether oxygens (including phenoxy) is 2. The van der Waals surface area contributed by atoms with Gasteiger partial charge in [0.05, 0.1) is 24.9 Å². The van der Waals surface area contributed by atoms with Gasteiger partial charge in [-0.25, -0.2) is 4.98 Å². The fraction of sp³-hybridized carbons (Fsp3) is 0.286. The number of hydrogen-bond donors (Lipinski definition) is 0. The van der Waals surface area contributed by atoms with E-state index in [-0.39, 0.29) is 0 Å². The molecule has 0 saturated heterocycles. The van der Waals surface area contributed by atoms with E-state index < -0.39 is 0 Å². The number of aryl methyl sites for hydroxylation is 1. The van der Waals surface area contributed by atoms with Crippen molar-refractivity contribution in [2.75, 3.05) is 13.7 Å². The Morgan fingerprint density at radius 3 is 2.84 bits per heavy atom. The van der Waals surface area contributed by atoms with Crippen LogP contribution in [-0.2, 0) is 6.42 Å². The molecule has 0 radical (unpaired) electrons. The van der Waals surface area contributed by atoms with Gasteiger partial charge in [-0.15, -0.1) is 11.3 Å². The predicted molar refractivity (Wildman–Crippen MR) is 74.4 cm³/mol. The first-order chi connectivity index (χ1) is 9.24. The maximum absolute atomic E-state index is 10.7. The van der Waals surface area contributed by atoms with Gasteiger partial charge in [0, 0.05) is 16.9 Å². The normalized spacial score (nSPS) is 10.2. The van der Waals surface area contributed by atoms with E-state index in [9.17, 15) is 4.79 Å². The lowest BCUT2D eigenvalue weighted by atomic mass is 10.2. The number of benzene rings is 1. The van der Waals surface area contributed by atoms with Gasteiger partial charge in [0.25, 0.3) is 0 Å². The van der Waals surface area contributed by atoms with Crippen LogP contribution in [0.5, 0.6) is 11.5 Å².